The highest BCUT2D eigenvalue weighted by molar-refractivity contribution is 7.89. The Morgan fingerprint density at radius 3 is 1.77 bits per heavy atom. The van der Waals surface area contributed by atoms with E-state index in [9.17, 15) is 8.42 Å². The minimum atomic E-state index is -3.48. The quantitative estimate of drug-likeness (QED) is 0.614. The van der Waals surface area contributed by atoms with Gasteiger partial charge in [0.1, 0.15) is 0 Å². The third-order valence-electron chi connectivity index (χ3n) is 5.82. The fraction of sp³-hybridized carbons (Fsp3) is 0.280. The van der Waals surface area contributed by atoms with Crippen molar-refractivity contribution in [1.29, 1.82) is 0 Å². The predicted molar refractivity (Wildman–Crippen MR) is 121 cm³/mol. The lowest BCUT2D eigenvalue weighted by molar-refractivity contribution is 0.156. The van der Waals surface area contributed by atoms with Crippen molar-refractivity contribution in [3.8, 4) is 0 Å². The summed E-state index contributed by atoms with van der Waals surface area (Å²) in [7, 11) is -3.48. The Balaban J connectivity index is 1.56. The van der Waals surface area contributed by atoms with Crippen LogP contribution in [-0.2, 0) is 10.0 Å². The number of hydrogen-bond acceptors (Lipinski definition) is 3. The van der Waals surface area contributed by atoms with E-state index in [4.69, 9.17) is 0 Å². The molecule has 1 saturated heterocycles. The molecule has 1 aliphatic rings. The van der Waals surface area contributed by atoms with Gasteiger partial charge in [0.2, 0.25) is 10.0 Å². The summed E-state index contributed by atoms with van der Waals surface area (Å²) in [6.07, 6.45) is 0. The second-order valence-corrected chi connectivity index (χ2v) is 9.84. The SMILES string of the molecule is Cc1ccc(S(=O)(=O)N2CCN(C(c3ccccc3)c3ccccc3)CC2)c(C)c1. The zero-order chi connectivity index (χ0) is 21.1. The minimum absolute atomic E-state index is 0.123. The van der Waals surface area contributed by atoms with Crippen molar-refractivity contribution in [3.05, 3.63) is 101 Å². The largest absolute Gasteiger partial charge is 0.290 e. The molecule has 0 amide bonds. The first-order valence-electron chi connectivity index (χ1n) is 10.4. The highest BCUT2D eigenvalue weighted by Gasteiger charge is 2.32. The molecular weight excluding hydrogens is 392 g/mol. The fourth-order valence-electron chi connectivity index (χ4n) is 4.31. The standard InChI is InChI=1S/C25H28N2O2S/c1-20-13-14-24(21(2)19-20)30(28,29)27-17-15-26(16-18-27)25(22-9-5-3-6-10-22)23-11-7-4-8-12-23/h3-14,19,25H,15-18H2,1-2H3. The predicted octanol–water partition coefficient (Wildman–Crippen LogP) is 4.40. The number of rotatable bonds is 5. The third kappa shape index (κ3) is 4.19. The maximum atomic E-state index is 13.2. The lowest BCUT2D eigenvalue weighted by atomic mass is 9.96. The van der Waals surface area contributed by atoms with E-state index in [1.165, 1.54) is 11.1 Å². The third-order valence-corrected chi connectivity index (χ3v) is 7.88. The van der Waals surface area contributed by atoms with Gasteiger partial charge in [0.15, 0.2) is 0 Å². The first-order chi connectivity index (χ1) is 14.5. The van der Waals surface area contributed by atoms with Crippen molar-refractivity contribution < 1.29 is 8.42 Å². The van der Waals surface area contributed by atoms with Crippen molar-refractivity contribution in [2.45, 2.75) is 24.8 Å². The summed E-state index contributed by atoms with van der Waals surface area (Å²) in [6.45, 7) is 6.22. The van der Waals surface area contributed by atoms with Crippen LogP contribution in [0.1, 0.15) is 28.3 Å². The van der Waals surface area contributed by atoms with Gasteiger partial charge in [0.05, 0.1) is 10.9 Å². The van der Waals surface area contributed by atoms with E-state index < -0.39 is 10.0 Å². The number of benzene rings is 3. The Bertz CT molecular complexity index is 1050. The van der Waals surface area contributed by atoms with Crippen LogP contribution in [0.5, 0.6) is 0 Å². The molecule has 4 nitrogen and oxygen atoms in total. The molecule has 0 saturated carbocycles. The molecular formula is C25H28N2O2S. The number of piperazine rings is 1. The average Bonchev–Trinajstić information content (AvgIpc) is 2.76. The zero-order valence-corrected chi connectivity index (χ0v) is 18.3. The molecule has 0 atom stereocenters. The van der Waals surface area contributed by atoms with Crippen molar-refractivity contribution in [2.75, 3.05) is 26.2 Å². The molecule has 0 unspecified atom stereocenters. The molecule has 4 rings (SSSR count). The molecule has 0 radical (unpaired) electrons. The van der Waals surface area contributed by atoms with E-state index >= 15 is 0 Å². The lowest BCUT2D eigenvalue weighted by Gasteiger charge is -2.39. The Kier molecular flexibility index (Phi) is 6.04. The summed E-state index contributed by atoms with van der Waals surface area (Å²) in [6, 6.07) is 26.6. The van der Waals surface area contributed by atoms with Gasteiger partial charge < -0.3 is 0 Å². The number of hydrogen-bond donors (Lipinski definition) is 0. The second-order valence-electron chi connectivity index (χ2n) is 7.93. The first kappa shape index (κ1) is 20.8. The molecule has 0 aliphatic carbocycles. The maximum Gasteiger partial charge on any atom is 0.243 e. The highest BCUT2D eigenvalue weighted by atomic mass is 32.2. The zero-order valence-electron chi connectivity index (χ0n) is 17.5. The van der Waals surface area contributed by atoms with Crippen LogP contribution in [0.4, 0.5) is 0 Å². The van der Waals surface area contributed by atoms with Crippen LogP contribution in [0.15, 0.2) is 83.8 Å². The minimum Gasteiger partial charge on any atom is -0.290 e. The second kappa shape index (κ2) is 8.72. The molecule has 1 fully saturated rings. The van der Waals surface area contributed by atoms with Crippen LogP contribution in [0.2, 0.25) is 0 Å². The van der Waals surface area contributed by atoms with Gasteiger partial charge in [0.25, 0.3) is 0 Å². The molecule has 5 heteroatoms. The number of aryl methyl sites for hydroxylation is 2. The summed E-state index contributed by atoms with van der Waals surface area (Å²) < 4.78 is 28.1. The molecule has 0 aromatic heterocycles. The van der Waals surface area contributed by atoms with Gasteiger partial charge >= 0.3 is 0 Å². The molecule has 1 aliphatic heterocycles. The topological polar surface area (TPSA) is 40.6 Å². The van der Waals surface area contributed by atoms with Crippen LogP contribution in [0, 0.1) is 13.8 Å². The van der Waals surface area contributed by atoms with Crippen LogP contribution in [0.3, 0.4) is 0 Å². The summed E-state index contributed by atoms with van der Waals surface area (Å²) in [5.74, 6) is 0. The smallest absolute Gasteiger partial charge is 0.243 e. The van der Waals surface area contributed by atoms with Crippen molar-refractivity contribution >= 4 is 10.0 Å². The monoisotopic (exact) mass is 420 g/mol. The Hall–Kier alpha value is -2.47. The average molecular weight is 421 g/mol. The number of nitrogens with zero attached hydrogens (tertiary/aromatic N) is 2. The van der Waals surface area contributed by atoms with Gasteiger partial charge in [-0.3, -0.25) is 4.90 Å². The van der Waals surface area contributed by atoms with E-state index in [0.717, 1.165) is 11.1 Å². The normalized spacial score (nSPS) is 16.1. The number of sulfonamides is 1. The molecule has 3 aromatic carbocycles. The van der Waals surface area contributed by atoms with Crippen molar-refractivity contribution in [2.24, 2.45) is 0 Å². The van der Waals surface area contributed by atoms with E-state index in [1.807, 2.05) is 38.1 Å². The summed E-state index contributed by atoms with van der Waals surface area (Å²) >= 11 is 0. The van der Waals surface area contributed by atoms with E-state index in [-0.39, 0.29) is 6.04 Å². The van der Waals surface area contributed by atoms with Gasteiger partial charge in [-0.15, -0.1) is 0 Å². The summed E-state index contributed by atoms with van der Waals surface area (Å²) in [4.78, 5) is 2.81. The van der Waals surface area contributed by atoms with Gasteiger partial charge in [-0.1, -0.05) is 78.4 Å². The maximum absolute atomic E-state index is 13.2. The van der Waals surface area contributed by atoms with Gasteiger partial charge in [0, 0.05) is 26.2 Å². The van der Waals surface area contributed by atoms with Crippen LogP contribution < -0.4 is 0 Å². The lowest BCUT2D eigenvalue weighted by Crippen LogP contribution is -2.49. The molecule has 0 bridgehead atoms. The molecule has 3 aromatic rings. The van der Waals surface area contributed by atoms with E-state index in [0.29, 0.717) is 31.1 Å². The van der Waals surface area contributed by atoms with Gasteiger partial charge in [-0.05, 0) is 36.6 Å². The Morgan fingerprint density at radius 2 is 1.27 bits per heavy atom. The molecule has 0 spiro atoms. The summed E-state index contributed by atoms with van der Waals surface area (Å²) in [5.41, 5.74) is 4.34. The van der Waals surface area contributed by atoms with E-state index in [1.54, 1.807) is 10.4 Å². The molecule has 1 heterocycles. The molecule has 0 N–H and O–H groups in total. The van der Waals surface area contributed by atoms with Gasteiger partial charge in [-0.25, -0.2) is 8.42 Å². The first-order valence-corrected chi connectivity index (χ1v) is 11.8. The Morgan fingerprint density at radius 1 is 0.733 bits per heavy atom. The van der Waals surface area contributed by atoms with Gasteiger partial charge in [-0.2, -0.15) is 4.31 Å². The summed E-state index contributed by atoms with van der Waals surface area (Å²) in [5, 5.41) is 0. The van der Waals surface area contributed by atoms with Crippen LogP contribution in [0.25, 0.3) is 0 Å². The van der Waals surface area contributed by atoms with Crippen LogP contribution in [-0.4, -0.2) is 43.8 Å². The molecule has 156 valence electrons. The highest BCUT2D eigenvalue weighted by Crippen LogP contribution is 2.30. The van der Waals surface area contributed by atoms with E-state index in [2.05, 4.69) is 53.4 Å². The fourth-order valence-corrected chi connectivity index (χ4v) is 5.94. The van der Waals surface area contributed by atoms with Crippen molar-refractivity contribution in [3.63, 3.8) is 0 Å². The van der Waals surface area contributed by atoms with Crippen molar-refractivity contribution in [1.82, 2.24) is 9.21 Å². The molecule has 30 heavy (non-hydrogen) atoms. The Labute approximate surface area is 179 Å². The van der Waals surface area contributed by atoms with Crippen LogP contribution >= 0.6 is 0 Å².